The van der Waals surface area contributed by atoms with Gasteiger partial charge in [-0.2, -0.15) is 5.10 Å². The fraction of sp³-hybridized carbons (Fsp3) is 0.395. The lowest BCUT2D eigenvalue weighted by atomic mass is 10.0. The van der Waals surface area contributed by atoms with Crippen molar-refractivity contribution >= 4 is 69.3 Å². The largest absolute Gasteiger partial charge is 0.459 e. The van der Waals surface area contributed by atoms with Gasteiger partial charge in [0, 0.05) is 55.2 Å². The number of amides is 2. The maximum Gasteiger partial charge on any atom is 0.303 e. The van der Waals surface area contributed by atoms with Gasteiger partial charge in [0.25, 0.3) is 11.8 Å². The number of ether oxygens (including phenoxy) is 2. The van der Waals surface area contributed by atoms with Crippen LogP contribution < -0.4 is 4.90 Å². The van der Waals surface area contributed by atoms with Crippen LogP contribution in [0.15, 0.2) is 47.8 Å². The third kappa shape index (κ3) is 5.62. The second-order valence-corrected chi connectivity index (χ2v) is 15.8. The predicted octanol–water partition coefficient (Wildman–Crippen LogP) is 7.02. The van der Waals surface area contributed by atoms with E-state index in [9.17, 15) is 14.4 Å². The zero-order valence-electron chi connectivity index (χ0n) is 29.1. The van der Waals surface area contributed by atoms with Gasteiger partial charge in [0.15, 0.2) is 17.7 Å². The van der Waals surface area contributed by atoms with E-state index in [1.54, 1.807) is 46.4 Å². The minimum atomic E-state index is -0.511. The second-order valence-electron chi connectivity index (χ2n) is 14.2. The van der Waals surface area contributed by atoms with Gasteiger partial charge in [-0.25, -0.2) is 19.6 Å². The minimum Gasteiger partial charge on any atom is -0.459 e. The number of anilines is 1. The molecule has 3 aromatic heterocycles. The molecule has 5 aromatic rings. The van der Waals surface area contributed by atoms with E-state index in [1.807, 2.05) is 24.4 Å². The summed E-state index contributed by atoms with van der Waals surface area (Å²) in [6, 6.07) is 12.4. The number of hydrogen-bond donors (Lipinski definition) is 0. The number of rotatable bonds is 8. The summed E-state index contributed by atoms with van der Waals surface area (Å²) in [4.78, 5) is 58.3. The number of aromatic nitrogens is 5. The molecule has 0 bridgehead atoms. The number of hydrogen-bond acceptors (Lipinski definition) is 11. The lowest BCUT2D eigenvalue weighted by Crippen LogP contribution is -2.39. The number of esters is 1. The molecule has 4 aliphatic rings. The molecule has 3 aliphatic heterocycles. The fourth-order valence-electron chi connectivity index (χ4n) is 8.48. The van der Waals surface area contributed by atoms with Crippen LogP contribution in [0.5, 0.6) is 0 Å². The van der Waals surface area contributed by atoms with Crippen LogP contribution >= 0.6 is 34.5 Å². The minimum absolute atomic E-state index is 0.0672. The molecule has 272 valence electrons. The molecule has 1 saturated carbocycles. The Balaban J connectivity index is 1.13. The molecule has 15 heteroatoms. The van der Waals surface area contributed by atoms with Gasteiger partial charge in [0.1, 0.15) is 28.5 Å². The summed E-state index contributed by atoms with van der Waals surface area (Å²) in [5, 5.41) is 8.70. The van der Waals surface area contributed by atoms with Gasteiger partial charge in [-0.05, 0) is 62.6 Å². The van der Waals surface area contributed by atoms with E-state index in [-0.39, 0.29) is 43.0 Å². The van der Waals surface area contributed by atoms with Crippen LogP contribution in [0.2, 0.25) is 10.0 Å². The summed E-state index contributed by atoms with van der Waals surface area (Å²) in [5.74, 6) is -0.144. The van der Waals surface area contributed by atoms with Gasteiger partial charge in [-0.15, -0.1) is 11.3 Å². The molecule has 2 amide bonds. The standard InChI is InChI=1S/C38H35Cl2N7O5S/c1-20-18-53-37(41-20)38(19-46-35(49)22-8-3-4-9-23(22)36(46)50)25-13-14-45(16-26(25)38)33-28(17-52-21(2)48)42-32-31(24-10-7-11-27(39)30(24)40)44-47(34(32)43-33)29-12-5-6-15-51-29/h3-4,7-11,18,25-26,29H,5-6,12-17,19H2,1-2H3. The van der Waals surface area contributed by atoms with Crippen LogP contribution in [-0.4, -0.2) is 73.7 Å². The monoisotopic (exact) mass is 771 g/mol. The Bertz CT molecular complexity index is 2290. The van der Waals surface area contributed by atoms with E-state index in [1.165, 1.54) is 11.8 Å². The quantitative estimate of drug-likeness (QED) is 0.120. The molecule has 4 unspecified atom stereocenters. The van der Waals surface area contributed by atoms with Gasteiger partial charge >= 0.3 is 5.97 Å². The van der Waals surface area contributed by atoms with Gasteiger partial charge in [0.05, 0.1) is 21.2 Å². The fourth-order valence-corrected chi connectivity index (χ4v) is 9.99. The Kier molecular flexibility index (Phi) is 8.52. The molecule has 1 aliphatic carbocycles. The Labute approximate surface area is 319 Å². The maximum absolute atomic E-state index is 13.6. The predicted molar refractivity (Wildman–Crippen MR) is 199 cm³/mol. The van der Waals surface area contributed by atoms with Gasteiger partial charge < -0.3 is 14.4 Å². The van der Waals surface area contributed by atoms with Crippen molar-refractivity contribution in [1.29, 1.82) is 0 Å². The van der Waals surface area contributed by atoms with Crippen LogP contribution in [-0.2, 0) is 26.3 Å². The first-order valence-electron chi connectivity index (χ1n) is 17.8. The van der Waals surface area contributed by atoms with Crippen molar-refractivity contribution < 1.29 is 23.9 Å². The number of carbonyl (C=O) groups is 3. The molecular formula is C38H35Cl2N7O5S. The highest BCUT2D eigenvalue weighted by Crippen LogP contribution is 2.65. The first-order valence-corrected chi connectivity index (χ1v) is 19.4. The number of halogens is 2. The van der Waals surface area contributed by atoms with Crippen LogP contribution in [0, 0.1) is 18.8 Å². The van der Waals surface area contributed by atoms with E-state index in [2.05, 4.69) is 4.90 Å². The van der Waals surface area contributed by atoms with Crippen LogP contribution in [0.1, 0.15) is 75.9 Å². The first kappa shape index (κ1) is 34.3. The van der Waals surface area contributed by atoms with E-state index in [4.69, 9.17) is 52.7 Å². The lowest BCUT2D eigenvalue weighted by molar-refractivity contribution is -0.142. The number of fused-ring (bicyclic) bond motifs is 3. The summed E-state index contributed by atoms with van der Waals surface area (Å²) in [6.07, 6.45) is 3.11. The summed E-state index contributed by atoms with van der Waals surface area (Å²) < 4.78 is 13.6. The van der Waals surface area contributed by atoms with Crippen molar-refractivity contribution in [2.45, 2.75) is 57.8 Å². The van der Waals surface area contributed by atoms with Gasteiger partial charge in [0.2, 0.25) is 0 Å². The van der Waals surface area contributed by atoms with Crippen molar-refractivity contribution in [3.63, 3.8) is 0 Å². The van der Waals surface area contributed by atoms with E-state index in [0.717, 1.165) is 36.4 Å². The molecule has 4 atom stereocenters. The van der Waals surface area contributed by atoms with Crippen LogP contribution in [0.25, 0.3) is 22.4 Å². The summed E-state index contributed by atoms with van der Waals surface area (Å²) in [7, 11) is 0. The molecule has 0 radical (unpaired) electrons. The van der Waals surface area contributed by atoms with Crippen molar-refractivity contribution in [3.05, 3.63) is 85.4 Å². The van der Waals surface area contributed by atoms with Gasteiger partial charge in [-0.1, -0.05) is 47.5 Å². The number of aryl methyl sites for hydroxylation is 1. The third-order valence-corrected chi connectivity index (χ3v) is 13.0. The van der Waals surface area contributed by atoms with Crippen LogP contribution in [0.3, 0.4) is 0 Å². The Hall–Kier alpha value is -4.43. The smallest absolute Gasteiger partial charge is 0.303 e. The Morgan fingerprint density at radius 1 is 1.00 bits per heavy atom. The zero-order valence-corrected chi connectivity index (χ0v) is 31.4. The van der Waals surface area contributed by atoms with Crippen molar-refractivity contribution in [3.8, 4) is 11.3 Å². The van der Waals surface area contributed by atoms with E-state index >= 15 is 0 Å². The molecule has 6 heterocycles. The number of thiazole rings is 1. The van der Waals surface area contributed by atoms with Gasteiger partial charge in [-0.3, -0.25) is 19.3 Å². The van der Waals surface area contributed by atoms with Crippen molar-refractivity contribution in [2.24, 2.45) is 11.8 Å². The normalized spacial score (nSPS) is 23.7. The Morgan fingerprint density at radius 2 is 1.77 bits per heavy atom. The molecule has 0 N–H and O–H groups in total. The molecule has 53 heavy (non-hydrogen) atoms. The molecule has 3 fully saturated rings. The highest BCUT2D eigenvalue weighted by atomic mass is 35.5. The average Bonchev–Trinajstić information content (AvgIpc) is 3.40. The summed E-state index contributed by atoms with van der Waals surface area (Å²) >= 11 is 14.8. The summed E-state index contributed by atoms with van der Waals surface area (Å²) in [5.41, 5.74) is 3.87. The molecular weight excluding hydrogens is 737 g/mol. The zero-order chi connectivity index (χ0) is 36.6. The molecule has 2 aromatic carbocycles. The second kappa shape index (κ2) is 13.2. The SMILES string of the molecule is CC(=O)OCc1nc2c(-c3cccc(Cl)c3Cl)nn(C3CCCCO3)c2nc1N1CCC2C(C1)C2(CN1C(=O)c2ccccc2C1=O)c1nc(C)cs1. The molecule has 9 rings (SSSR count). The molecule has 12 nitrogen and oxygen atoms in total. The van der Waals surface area contributed by atoms with Crippen LogP contribution in [0.4, 0.5) is 5.82 Å². The van der Waals surface area contributed by atoms with Crippen molar-refractivity contribution in [1.82, 2.24) is 29.6 Å². The highest BCUT2D eigenvalue weighted by Gasteiger charge is 2.69. The summed E-state index contributed by atoms with van der Waals surface area (Å²) in [6.45, 7) is 5.27. The first-order chi connectivity index (χ1) is 25.7. The maximum atomic E-state index is 13.6. The number of piperidine rings is 1. The van der Waals surface area contributed by atoms with E-state index in [0.29, 0.717) is 74.8 Å². The Morgan fingerprint density at radius 3 is 2.47 bits per heavy atom. The third-order valence-electron chi connectivity index (χ3n) is 11.1. The molecule has 2 saturated heterocycles. The van der Waals surface area contributed by atoms with E-state index < -0.39 is 11.4 Å². The van der Waals surface area contributed by atoms with Crippen molar-refractivity contribution in [2.75, 3.05) is 31.1 Å². The number of imide groups is 1. The molecule has 0 spiro atoms. The number of carbonyl (C=O) groups excluding carboxylic acids is 3. The number of benzene rings is 2. The lowest BCUT2D eigenvalue weighted by Gasteiger charge is -2.29. The average molecular weight is 773 g/mol. The topological polar surface area (TPSA) is 133 Å². The number of nitrogens with zero attached hydrogens (tertiary/aromatic N) is 7. The highest BCUT2D eigenvalue weighted by molar-refractivity contribution is 7.09.